The molecular weight excluding hydrogens is 376 g/mol. The number of aromatic nitrogens is 1. The fourth-order valence-corrected chi connectivity index (χ4v) is 3.71. The number of hydrogen-bond donors (Lipinski definition) is 1. The lowest BCUT2D eigenvalue weighted by atomic mass is 9.98. The molecule has 1 amide bonds. The van der Waals surface area contributed by atoms with Crippen molar-refractivity contribution in [2.45, 2.75) is 12.8 Å². The molecule has 0 atom stereocenters. The summed E-state index contributed by atoms with van der Waals surface area (Å²) in [5.41, 5.74) is 5.85. The first-order chi connectivity index (χ1) is 14.6. The van der Waals surface area contributed by atoms with Gasteiger partial charge in [0.25, 0.3) is 0 Å². The van der Waals surface area contributed by atoms with Crippen LogP contribution in [0.1, 0.15) is 40.2 Å². The number of Topliss-reactive ketones (excluding diaryl/α,β-unsaturated/α-hetero) is 1. The summed E-state index contributed by atoms with van der Waals surface area (Å²) in [4.78, 5) is 27.8. The number of nitrogens with zero attached hydrogens (tertiary/aromatic N) is 1. The van der Waals surface area contributed by atoms with Gasteiger partial charge in [0.1, 0.15) is 12.3 Å². The Hall–Kier alpha value is -3.73. The van der Waals surface area contributed by atoms with Gasteiger partial charge in [0.2, 0.25) is 0 Å². The monoisotopic (exact) mass is 398 g/mol. The molecule has 150 valence electrons. The van der Waals surface area contributed by atoms with E-state index in [0.717, 1.165) is 0 Å². The average Bonchev–Trinajstić information content (AvgIpc) is 3.09. The van der Waals surface area contributed by atoms with Crippen molar-refractivity contribution in [3.8, 4) is 11.1 Å². The number of rotatable bonds is 6. The number of benzene rings is 2. The second kappa shape index (κ2) is 8.74. The van der Waals surface area contributed by atoms with Crippen molar-refractivity contribution in [1.82, 2.24) is 10.3 Å². The number of carbonyl (C=O) groups is 2. The Bertz CT molecular complexity index is 1080. The van der Waals surface area contributed by atoms with Crippen LogP contribution in [-0.4, -0.2) is 30.0 Å². The molecule has 1 N–H and O–H groups in total. The van der Waals surface area contributed by atoms with E-state index >= 15 is 0 Å². The second-order valence-corrected chi connectivity index (χ2v) is 7.11. The van der Waals surface area contributed by atoms with Gasteiger partial charge < -0.3 is 10.1 Å². The summed E-state index contributed by atoms with van der Waals surface area (Å²) >= 11 is 0. The molecule has 0 aliphatic heterocycles. The highest BCUT2D eigenvalue weighted by molar-refractivity contribution is 5.92. The lowest BCUT2D eigenvalue weighted by Gasteiger charge is -2.14. The lowest BCUT2D eigenvalue weighted by molar-refractivity contribution is 0.101. The maximum absolute atomic E-state index is 12.2. The minimum atomic E-state index is -0.466. The molecule has 0 spiro atoms. The molecule has 1 heterocycles. The van der Waals surface area contributed by atoms with E-state index < -0.39 is 6.09 Å². The van der Waals surface area contributed by atoms with Crippen molar-refractivity contribution in [3.05, 3.63) is 95.3 Å². The quantitative estimate of drug-likeness (QED) is 0.604. The molecule has 0 saturated heterocycles. The van der Waals surface area contributed by atoms with Crippen LogP contribution in [0.4, 0.5) is 4.79 Å². The summed E-state index contributed by atoms with van der Waals surface area (Å²) in [6, 6.07) is 21.7. The minimum absolute atomic E-state index is 0.0391. The molecule has 0 bridgehead atoms. The van der Waals surface area contributed by atoms with Gasteiger partial charge in [-0.15, -0.1) is 0 Å². The number of carbonyl (C=O) groups excluding carboxylic acids is 2. The van der Waals surface area contributed by atoms with Crippen molar-refractivity contribution in [2.24, 2.45) is 0 Å². The van der Waals surface area contributed by atoms with E-state index in [4.69, 9.17) is 4.74 Å². The highest BCUT2D eigenvalue weighted by atomic mass is 16.5. The molecule has 3 aromatic rings. The summed E-state index contributed by atoms with van der Waals surface area (Å²) < 4.78 is 5.50. The molecule has 0 fully saturated rings. The van der Waals surface area contributed by atoms with Crippen molar-refractivity contribution >= 4 is 18.0 Å². The fraction of sp³-hybridized carbons (Fsp3) is 0.160. The van der Waals surface area contributed by atoms with Gasteiger partial charge in [-0.1, -0.05) is 60.7 Å². The highest BCUT2D eigenvalue weighted by Gasteiger charge is 2.28. The van der Waals surface area contributed by atoms with Gasteiger partial charge in [-0.2, -0.15) is 0 Å². The molecule has 1 aromatic heterocycles. The molecule has 5 heteroatoms. The maximum Gasteiger partial charge on any atom is 0.407 e. The molecule has 30 heavy (non-hydrogen) atoms. The van der Waals surface area contributed by atoms with Crippen LogP contribution in [0, 0.1) is 0 Å². The topological polar surface area (TPSA) is 68.3 Å². The van der Waals surface area contributed by atoms with Gasteiger partial charge in [0, 0.05) is 19.4 Å². The number of ketones is 1. The summed E-state index contributed by atoms with van der Waals surface area (Å²) in [5, 5.41) is 2.72. The molecule has 5 nitrogen and oxygen atoms in total. The summed E-state index contributed by atoms with van der Waals surface area (Å²) in [6.07, 6.45) is 3.07. The number of amides is 1. The second-order valence-electron chi connectivity index (χ2n) is 7.11. The third kappa shape index (κ3) is 4.15. The number of pyridine rings is 1. The van der Waals surface area contributed by atoms with Crippen LogP contribution in [0.3, 0.4) is 0 Å². The van der Waals surface area contributed by atoms with E-state index in [1.807, 2.05) is 24.3 Å². The number of fused-ring (bicyclic) bond motifs is 3. The number of hydrogen-bond acceptors (Lipinski definition) is 4. The Morgan fingerprint density at radius 3 is 2.30 bits per heavy atom. The van der Waals surface area contributed by atoms with Gasteiger partial charge in [0.05, 0.1) is 5.69 Å². The van der Waals surface area contributed by atoms with Gasteiger partial charge >= 0.3 is 6.09 Å². The predicted octanol–water partition coefficient (Wildman–Crippen LogP) is 4.84. The molecule has 0 radical (unpaired) electrons. The van der Waals surface area contributed by atoms with Crippen molar-refractivity contribution in [2.75, 3.05) is 13.2 Å². The first-order valence-corrected chi connectivity index (χ1v) is 9.87. The van der Waals surface area contributed by atoms with Crippen LogP contribution in [0.15, 0.2) is 72.8 Å². The minimum Gasteiger partial charge on any atom is -0.449 e. The first kappa shape index (κ1) is 19.6. The summed E-state index contributed by atoms with van der Waals surface area (Å²) in [5.74, 6) is -0.0424. The fourth-order valence-electron chi connectivity index (χ4n) is 3.71. The zero-order valence-electron chi connectivity index (χ0n) is 16.7. The van der Waals surface area contributed by atoms with Crippen molar-refractivity contribution < 1.29 is 14.3 Å². The number of nitrogens with one attached hydrogen (secondary N) is 1. The molecule has 1 aliphatic rings. The van der Waals surface area contributed by atoms with E-state index in [-0.39, 0.29) is 18.3 Å². The molecule has 2 aromatic carbocycles. The largest absolute Gasteiger partial charge is 0.449 e. The Kier molecular flexibility index (Phi) is 5.70. The summed E-state index contributed by atoms with van der Waals surface area (Å²) in [6.45, 7) is 2.07. The van der Waals surface area contributed by atoms with Gasteiger partial charge in [-0.3, -0.25) is 4.79 Å². The van der Waals surface area contributed by atoms with E-state index in [1.165, 1.54) is 29.2 Å². The third-order valence-corrected chi connectivity index (χ3v) is 5.13. The average molecular weight is 398 g/mol. The Morgan fingerprint density at radius 1 is 0.967 bits per heavy atom. The standard InChI is InChI=1S/C25H22N2O3/c1-17(28)24-14-6-8-18(27-24)9-7-15-26-25(29)30-16-23-21-12-4-2-10-19(21)20-11-3-5-13-22(20)23/h2-14,23H,15-16H2,1H3,(H,26,29). The van der Waals surface area contributed by atoms with Gasteiger partial charge in [0.15, 0.2) is 5.78 Å². The molecule has 1 aliphatic carbocycles. The van der Waals surface area contributed by atoms with Crippen LogP contribution in [0.25, 0.3) is 17.2 Å². The van der Waals surface area contributed by atoms with Crippen molar-refractivity contribution in [1.29, 1.82) is 0 Å². The smallest absolute Gasteiger partial charge is 0.407 e. The van der Waals surface area contributed by atoms with E-state index in [2.05, 4.69) is 34.6 Å². The SMILES string of the molecule is CC(=O)c1cccc(C=CCNC(=O)OCC2c3ccccc3-c3ccccc32)n1. The number of alkyl carbamates (subject to hydrolysis) is 1. The summed E-state index contributed by atoms with van der Waals surface area (Å²) in [7, 11) is 0. The lowest BCUT2D eigenvalue weighted by Crippen LogP contribution is -2.26. The molecular formula is C25H22N2O3. The predicted molar refractivity (Wildman–Crippen MR) is 116 cm³/mol. The normalized spacial score (nSPS) is 12.4. The number of ether oxygens (including phenoxy) is 1. The molecule has 4 rings (SSSR count). The maximum atomic E-state index is 12.2. The van der Waals surface area contributed by atoms with Gasteiger partial charge in [-0.05, 0) is 40.5 Å². The van der Waals surface area contributed by atoms with Crippen LogP contribution in [0.5, 0.6) is 0 Å². The zero-order valence-corrected chi connectivity index (χ0v) is 16.7. The Balaban J connectivity index is 1.32. The third-order valence-electron chi connectivity index (χ3n) is 5.13. The van der Waals surface area contributed by atoms with Crippen LogP contribution in [-0.2, 0) is 4.74 Å². The van der Waals surface area contributed by atoms with Crippen LogP contribution >= 0.6 is 0 Å². The van der Waals surface area contributed by atoms with Crippen molar-refractivity contribution in [3.63, 3.8) is 0 Å². The Labute approximate surface area is 175 Å². The van der Waals surface area contributed by atoms with Gasteiger partial charge in [-0.25, -0.2) is 9.78 Å². The van der Waals surface area contributed by atoms with E-state index in [0.29, 0.717) is 17.9 Å². The zero-order chi connectivity index (χ0) is 20.9. The van der Waals surface area contributed by atoms with E-state index in [9.17, 15) is 9.59 Å². The first-order valence-electron chi connectivity index (χ1n) is 9.87. The van der Waals surface area contributed by atoms with Crippen LogP contribution in [0.2, 0.25) is 0 Å². The van der Waals surface area contributed by atoms with Crippen LogP contribution < -0.4 is 5.32 Å². The highest BCUT2D eigenvalue weighted by Crippen LogP contribution is 2.44. The molecule has 0 unspecified atom stereocenters. The van der Waals surface area contributed by atoms with E-state index in [1.54, 1.807) is 30.4 Å². The molecule has 0 saturated carbocycles. The Morgan fingerprint density at radius 2 is 1.63 bits per heavy atom.